The predicted molar refractivity (Wildman–Crippen MR) is 81.8 cm³/mol. The zero-order chi connectivity index (χ0) is 12.8. The second-order valence-corrected chi connectivity index (χ2v) is 6.27. The van der Waals surface area contributed by atoms with Gasteiger partial charge in [-0.15, -0.1) is 11.8 Å². The summed E-state index contributed by atoms with van der Waals surface area (Å²) in [6, 6.07) is 9.67. The third-order valence-corrected chi connectivity index (χ3v) is 4.46. The van der Waals surface area contributed by atoms with Crippen molar-refractivity contribution in [2.75, 3.05) is 30.8 Å². The van der Waals surface area contributed by atoms with Gasteiger partial charge in [-0.05, 0) is 55.8 Å². The highest BCUT2D eigenvalue weighted by molar-refractivity contribution is 7.99. The molecule has 1 aliphatic rings. The summed E-state index contributed by atoms with van der Waals surface area (Å²) in [5.74, 6) is 1.14. The molecule has 1 N–H and O–H groups in total. The SMILES string of the molecule is CCSc1ccc(N(C)CCC2CCCN2)cc1. The van der Waals surface area contributed by atoms with E-state index in [4.69, 9.17) is 0 Å². The number of rotatable bonds is 6. The van der Waals surface area contributed by atoms with E-state index in [2.05, 4.69) is 48.5 Å². The first-order valence-electron chi connectivity index (χ1n) is 6.97. The molecule has 2 nitrogen and oxygen atoms in total. The maximum atomic E-state index is 3.56. The largest absolute Gasteiger partial charge is 0.375 e. The van der Waals surface area contributed by atoms with E-state index in [0.717, 1.165) is 18.3 Å². The molecular weight excluding hydrogens is 240 g/mol. The second-order valence-electron chi connectivity index (χ2n) is 4.93. The van der Waals surface area contributed by atoms with Crippen LogP contribution in [-0.4, -0.2) is 31.9 Å². The van der Waals surface area contributed by atoms with Crippen LogP contribution in [0.4, 0.5) is 5.69 Å². The fourth-order valence-electron chi connectivity index (χ4n) is 2.45. The number of hydrogen-bond acceptors (Lipinski definition) is 3. The number of nitrogens with zero attached hydrogens (tertiary/aromatic N) is 1. The molecule has 0 radical (unpaired) electrons. The van der Waals surface area contributed by atoms with Crippen molar-refractivity contribution in [2.24, 2.45) is 0 Å². The fourth-order valence-corrected chi connectivity index (χ4v) is 3.11. The van der Waals surface area contributed by atoms with Gasteiger partial charge in [0.1, 0.15) is 0 Å². The lowest BCUT2D eigenvalue weighted by Crippen LogP contribution is -2.28. The Bertz CT molecular complexity index is 344. The van der Waals surface area contributed by atoms with Crippen molar-refractivity contribution in [3.63, 3.8) is 0 Å². The second kappa shape index (κ2) is 7.05. The lowest BCUT2D eigenvalue weighted by atomic mass is 10.1. The molecule has 1 heterocycles. The van der Waals surface area contributed by atoms with Gasteiger partial charge in [0.2, 0.25) is 0 Å². The summed E-state index contributed by atoms with van der Waals surface area (Å²) in [5, 5.41) is 3.56. The lowest BCUT2D eigenvalue weighted by Gasteiger charge is -2.21. The normalized spacial score (nSPS) is 19.1. The Hall–Kier alpha value is -0.670. The van der Waals surface area contributed by atoms with Gasteiger partial charge >= 0.3 is 0 Å². The summed E-state index contributed by atoms with van der Waals surface area (Å²) in [6.07, 6.45) is 3.94. The molecule has 0 amide bonds. The van der Waals surface area contributed by atoms with Gasteiger partial charge < -0.3 is 10.2 Å². The molecule has 1 aromatic carbocycles. The van der Waals surface area contributed by atoms with Crippen LogP contribution in [0.3, 0.4) is 0 Å². The Morgan fingerprint density at radius 3 is 2.72 bits per heavy atom. The summed E-state index contributed by atoms with van der Waals surface area (Å²) in [6.45, 7) is 4.54. The van der Waals surface area contributed by atoms with E-state index < -0.39 is 0 Å². The summed E-state index contributed by atoms with van der Waals surface area (Å²) in [5.41, 5.74) is 1.33. The van der Waals surface area contributed by atoms with E-state index in [9.17, 15) is 0 Å². The monoisotopic (exact) mass is 264 g/mol. The van der Waals surface area contributed by atoms with Crippen LogP contribution in [0.1, 0.15) is 26.2 Å². The topological polar surface area (TPSA) is 15.3 Å². The van der Waals surface area contributed by atoms with Crippen LogP contribution in [0.25, 0.3) is 0 Å². The quantitative estimate of drug-likeness (QED) is 0.793. The maximum absolute atomic E-state index is 3.56. The third-order valence-electron chi connectivity index (χ3n) is 3.56. The van der Waals surface area contributed by atoms with Crippen molar-refractivity contribution in [3.8, 4) is 0 Å². The van der Waals surface area contributed by atoms with E-state index in [1.807, 2.05) is 11.8 Å². The molecule has 1 unspecified atom stereocenters. The zero-order valence-electron chi connectivity index (χ0n) is 11.5. The maximum Gasteiger partial charge on any atom is 0.0364 e. The number of nitrogens with one attached hydrogen (secondary N) is 1. The Labute approximate surface area is 115 Å². The van der Waals surface area contributed by atoms with Crippen molar-refractivity contribution in [1.29, 1.82) is 0 Å². The highest BCUT2D eigenvalue weighted by Crippen LogP contribution is 2.22. The van der Waals surface area contributed by atoms with Crippen LogP contribution < -0.4 is 10.2 Å². The molecule has 0 spiro atoms. The molecule has 3 heteroatoms. The van der Waals surface area contributed by atoms with E-state index in [0.29, 0.717) is 0 Å². The van der Waals surface area contributed by atoms with Crippen LogP contribution in [0.5, 0.6) is 0 Å². The van der Waals surface area contributed by atoms with E-state index in [1.165, 1.54) is 36.4 Å². The van der Waals surface area contributed by atoms with E-state index >= 15 is 0 Å². The van der Waals surface area contributed by atoms with Crippen molar-refractivity contribution >= 4 is 17.4 Å². The molecule has 18 heavy (non-hydrogen) atoms. The third kappa shape index (κ3) is 3.92. The van der Waals surface area contributed by atoms with Crippen LogP contribution in [0, 0.1) is 0 Å². The molecule has 0 aromatic heterocycles. The van der Waals surface area contributed by atoms with E-state index in [1.54, 1.807) is 0 Å². The van der Waals surface area contributed by atoms with Gasteiger partial charge in [-0.3, -0.25) is 0 Å². The minimum atomic E-state index is 0.738. The minimum absolute atomic E-state index is 0.738. The molecule has 1 aliphatic heterocycles. The first-order valence-corrected chi connectivity index (χ1v) is 7.95. The van der Waals surface area contributed by atoms with Crippen molar-refractivity contribution in [2.45, 2.75) is 37.1 Å². The summed E-state index contributed by atoms with van der Waals surface area (Å²) in [7, 11) is 2.19. The number of anilines is 1. The van der Waals surface area contributed by atoms with E-state index in [-0.39, 0.29) is 0 Å². The summed E-state index contributed by atoms with van der Waals surface area (Å²) in [4.78, 5) is 3.73. The number of thioether (sulfide) groups is 1. The molecule has 0 saturated carbocycles. The standard InChI is InChI=1S/C15H24N2S/c1-3-18-15-8-6-14(7-9-15)17(2)12-10-13-5-4-11-16-13/h6-9,13,16H,3-5,10-12H2,1-2H3. The zero-order valence-corrected chi connectivity index (χ0v) is 12.3. The molecule has 0 aliphatic carbocycles. The Morgan fingerprint density at radius 2 is 2.11 bits per heavy atom. The molecule has 1 aromatic rings. The molecular formula is C15H24N2S. The smallest absolute Gasteiger partial charge is 0.0364 e. The molecule has 2 rings (SSSR count). The van der Waals surface area contributed by atoms with Gasteiger partial charge in [-0.25, -0.2) is 0 Å². The van der Waals surface area contributed by atoms with Crippen LogP contribution in [0.2, 0.25) is 0 Å². The summed E-state index contributed by atoms with van der Waals surface area (Å²) >= 11 is 1.90. The number of benzene rings is 1. The van der Waals surface area contributed by atoms with Crippen LogP contribution in [-0.2, 0) is 0 Å². The average Bonchev–Trinajstić information content (AvgIpc) is 2.90. The predicted octanol–water partition coefficient (Wildman–Crippen LogP) is 3.38. The highest BCUT2D eigenvalue weighted by atomic mass is 32.2. The first-order chi connectivity index (χ1) is 8.79. The van der Waals surface area contributed by atoms with Gasteiger partial charge in [0.15, 0.2) is 0 Å². The fraction of sp³-hybridized carbons (Fsp3) is 0.600. The molecule has 1 fully saturated rings. The van der Waals surface area contributed by atoms with Gasteiger partial charge in [-0.2, -0.15) is 0 Å². The minimum Gasteiger partial charge on any atom is -0.375 e. The van der Waals surface area contributed by atoms with Gasteiger partial charge in [-0.1, -0.05) is 6.92 Å². The lowest BCUT2D eigenvalue weighted by molar-refractivity contribution is 0.559. The van der Waals surface area contributed by atoms with Gasteiger partial charge in [0.25, 0.3) is 0 Å². The Morgan fingerprint density at radius 1 is 1.33 bits per heavy atom. The molecule has 1 atom stereocenters. The molecule has 0 bridgehead atoms. The van der Waals surface area contributed by atoms with Crippen molar-refractivity contribution in [3.05, 3.63) is 24.3 Å². The summed E-state index contributed by atoms with van der Waals surface area (Å²) < 4.78 is 0. The first kappa shape index (κ1) is 13.8. The van der Waals surface area contributed by atoms with Gasteiger partial charge in [0.05, 0.1) is 0 Å². The highest BCUT2D eigenvalue weighted by Gasteiger charge is 2.14. The van der Waals surface area contributed by atoms with Crippen LogP contribution >= 0.6 is 11.8 Å². The Kier molecular flexibility index (Phi) is 5.39. The van der Waals surface area contributed by atoms with Crippen LogP contribution in [0.15, 0.2) is 29.2 Å². The van der Waals surface area contributed by atoms with Crippen molar-refractivity contribution in [1.82, 2.24) is 5.32 Å². The molecule has 100 valence electrons. The Balaban J connectivity index is 1.81. The molecule has 1 saturated heterocycles. The van der Waals surface area contributed by atoms with Crippen molar-refractivity contribution < 1.29 is 0 Å². The van der Waals surface area contributed by atoms with Gasteiger partial charge in [0, 0.05) is 30.2 Å². The number of hydrogen-bond donors (Lipinski definition) is 1. The average molecular weight is 264 g/mol.